The fraction of sp³-hybridized carbons (Fsp3) is 0.533. The lowest BCUT2D eigenvalue weighted by molar-refractivity contribution is 0.0475. The molecule has 0 unspecified atom stereocenters. The molecule has 0 aromatic heterocycles. The van der Waals surface area contributed by atoms with Crippen molar-refractivity contribution >= 4 is 6.09 Å². The largest absolute Gasteiger partial charge is 0.491 e. The van der Waals surface area contributed by atoms with Crippen LogP contribution in [0.25, 0.3) is 0 Å². The number of ether oxygens (including phenoxy) is 3. The van der Waals surface area contributed by atoms with E-state index in [4.69, 9.17) is 14.2 Å². The summed E-state index contributed by atoms with van der Waals surface area (Å²) in [5.74, 6) is -1.40. The summed E-state index contributed by atoms with van der Waals surface area (Å²) in [6, 6.07) is 2.44. The Morgan fingerprint density at radius 2 is 1.95 bits per heavy atom. The van der Waals surface area contributed by atoms with Crippen LogP contribution in [0.15, 0.2) is 18.2 Å². The predicted octanol–water partition coefficient (Wildman–Crippen LogP) is 2.64. The first-order chi connectivity index (χ1) is 10.2. The number of benzene rings is 1. The van der Waals surface area contributed by atoms with Gasteiger partial charge in [-0.25, -0.2) is 13.6 Å². The number of epoxide rings is 1. The Balaban J connectivity index is 1.90. The monoisotopic (exact) mass is 315 g/mol. The Labute approximate surface area is 127 Å². The Morgan fingerprint density at radius 1 is 1.36 bits per heavy atom. The highest BCUT2D eigenvalue weighted by molar-refractivity contribution is 5.68. The molecule has 1 amide bonds. The zero-order valence-corrected chi connectivity index (χ0v) is 12.7. The lowest BCUT2D eigenvalue weighted by Gasteiger charge is -2.23. The molecule has 1 fully saturated rings. The molecule has 1 N–H and O–H groups in total. The molecule has 0 spiro atoms. The number of carbonyl (C=O) groups is 1. The van der Waals surface area contributed by atoms with Gasteiger partial charge in [0.15, 0.2) is 0 Å². The van der Waals surface area contributed by atoms with Gasteiger partial charge in [-0.2, -0.15) is 0 Å². The number of halogens is 2. The summed E-state index contributed by atoms with van der Waals surface area (Å²) >= 11 is 0. The number of amides is 1. The number of nitrogens with one attached hydrogen (secondary N) is 1. The number of hydrogen-bond donors (Lipinski definition) is 1. The maximum atomic E-state index is 13.1. The zero-order valence-electron chi connectivity index (χ0n) is 12.7. The van der Waals surface area contributed by atoms with E-state index in [1.165, 1.54) is 0 Å². The Bertz CT molecular complexity index is 521. The van der Waals surface area contributed by atoms with E-state index >= 15 is 0 Å². The third-order valence-electron chi connectivity index (χ3n) is 2.78. The SMILES string of the molecule is CC(C)(C)OC(=O)N[C@@H](COc1cc(F)cc(F)c1)[C@@H]1CO1. The third-order valence-corrected chi connectivity index (χ3v) is 2.78. The molecule has 1 aliphatic heterocycles. The fourth-order valence-electron chi connectivity index (χ4n) is 1.79. The number of carbonyl (C=O) groups excluding carboxylic acids is 1. The predicted molar refractivity (Wildman–Crippen MR) is 74.8 cm³/mol. The molecule has 0 bridgehead atoms. The van der Waals surface area contributed by atoms with Gasteiger partial charge in [-0.15, -0.1) is 0 Å². The standard InChI is InChI=1S/C15H19F2NO4/c1-15(2,3)22-14(19)18-12(13-8-21-13)7-20-11-5-9(16)4-10(17)6-11/h4-6,12-13H,7-8H2,1-3H3,(H,18,19)/t12-,13-/m0/s1. The summed E-state index contributed by atoms with van der Waals surface area (Å²) in [7, 11) is 0. The van der Waals surface area contributed by atoms with Gasteiger partial charge >= 0.3 is 6.09 Å². The summed E-state index contributed by atoms with van der Waals surface area (Å²) in [6.45, 7) is 5.76. The van der Waals surface area contributed by atoms with Gasteiger partial charge in [0.2, 0.25) is 0 Å². The average Bonchev–Trinajstić information content (AvgIpc) is 3.15. The lowest BCUT2D eigenvalue weighted by atomic mass is 10.2. The minimum Gasteiger partial charge on any atom is -0.491 e. The highest BCUT2D eigenvalue weighted by Crippen LogP contribution is 2.19. The number of rotatable bonds is 5. The van der Waals surface area contributed by atoms with Crippen molar-refractivity contribution in [2.75, 3.05) is 13.2 Å². The van der Waals surface area contributed by atoms with Gasteiger partial charge in [0.05, 0.1) is 12.6 Å². The first kappa shape index (κ1) is 16.5. The maximum absolute atomic E-state index is 13.1. The van der Waals surface area contributed by atoms with Crippen molar-refractivity contribution in [1.29, 1.82) is 0 Å². The average molecular weight is 315 g/mol. The molecule has 7 heteroatoms. The molecular weight excluding hydrogens is 296 g/mol. The van der Waals surface area contributed by atoms with Gasteiger partial charge < -0.3 is 19.5 Å². The van der Waals surface area contributed by atoms with E-state index < -0.39 is 29.4 Å². The summed E-state index contributed by atoms with van der Waals surface area (Å²) in [5.41, 5.74) is -0.619. The van der Waals surface area contributed by atoms with Crippen LogP contribution < -0.4 is 10.1 Å². The van der Waals surface area contributed by atoms with Gasteiger partial charge in [0, 0.05) is 18.2 Å². The van der Waals surface area contributed by atoms with Gasteiger partial charge in [0.1, 0.15) is 35.7 Å². The molecule has 1 aliphatic rings. The zero-order chi connectivity index (χ0) is 16.3. The van der Waals surface area contributed by atoms with Gasteiger partial charge in [-0.1, -0.05) is 0 Å². The summed E-state index contributed by atoms with van der Waals surface area (Å²) < 4.78 is 41.8. The van der Waals surface area contributed by atoms with E-state index in [1.807, 2.05) is 0 Å². The van der Waals surface area contributed by atoms with Crippen molar-refractivity contribution in [1.82, 2.24) is 5.32 Å². The van der Waals surface area contributed by atoms with Crippen LogP contribution in [0.2, 0.25) is 0 Å². The van der Waals surface area contributed by atoms with Crippen LogP contribution in [-0.4, -0.2) is 37.1 Å². The first-order valence-corrected chi connectivity index (χ1v) is 6.93. The maximum Gasteiger partial charge on any atom is 0.408 e. The van der Waals surface area contributed by atoms with Crippen molar-refractivity contribution < 1.29 is 27.8 Å². The number of hydrogen-bond acceptors (Lipinski definition) is 4. The van der Waals surface area contributed by atoms with E-state index in [0.29, 0.717) is 6.61 Å². The second kappa shape index (κ2) is 6.48. The Kier molecular flexibility index (Phi) is 4.85. The van der Waals surface area contributed by atoms with E-state index in [-0.39, 0.29) is 18.5 Å². The van der Waals surface area contributed by atoms with Crippen LogP contribution >= 0.6 is 0 Å². The van der Waals surface area contributed by atoms with E-state index in [2.05, 4.69) is 5.32 Å². The van der Waals surface area contributed by atoms with Crippen molar-refractivity contribution in [2.45, 2.75) is 38.5 Å². The molecular formula is C15H19F2NO4. The summed E-state index contributed by atoms with van der Waals surface area (Å²) in [4.78, 5) is 11.8. The highest BCUT2D eigenvalue weighted by atomic mass is 19.1. The van der Waals surface area contributed by atoms with E-state index in [9.17, 15) is 13.6 Å². The first-order valence-electron chi connectivity index (χ1n) is 6.93. The minimum atomic E-state index is -0.727. The van der Waals surface area contributed by atoms with E-state index in [0.717, 1.165) is 18.2 Å². The summed E-state index contributed by atoms with van der Waals surface area (Å²) in [6.07, 6.45) is -0.784. The Hall–Kier alpha value is -1.89. The molecule has 1 heterocycles. The van der Waals surface area contributed by atoms with Crippen molar-refractivity contribution in [3.8, 4) is 5.75 Å². The quantitative estimate of drug-likeness (QED) is 0.849. The second-order valence-corrected chi connectivity index (χ2v) is 6.04. The second-order valence-electron chi connectivity index (χ2n) is 6.04. The molecule has 0 radical (unpaired) electrons. The van der Waals surface area contributed by atoms with Gasteiger partial charge in [0.25, 0.3) is 0 Å². The molecule has 2 atom stereocenters. The van der Waals surface area contributed by atoms with Crippen LogP contribution in [0.3, 0.4) is 0 Å². The van der Waals surface area contributed by atoms with Crippen molar-refractivity contribution in [3.05, 3.63) is 29.8 Å². The van der Waals surface area contributed by atoms with Crippen molar-refractivity contribution in [2.24, 2.45) is 0 Å². The topological polar surface area (TPSA) is 60.1 Å². The van der Waals surface area contributed by atoms with E-state index in [1.54, 1.807) is 20.8 Å². The van der Waals surface area contributed by atoms with Crippen molar-refractivity contribution in [3.63, 3.8) is 0 Å². The van der Waals surface area contributed by atoms with Crippen LogP contribution in [0, 0.1) is 11.6 Å². The summed E-state index contributed by atoms with van der Waals surface area (Å²) in [5, 5.41) is 2.64. The lowest BCUT2D eigenvalue weighted by Crippen LogP contribution is -2.45. The molecule has 0 aliphatic carbocycles. The van der Waals surface area contributed by atoms with Crippen LogP contribution in [-0.2, 0) is 9.47 Å². The molecule has 5 nitrogen and oxygen atoms in total. The Morgan fingerprint density at radius 3 is 2.45 bits per heavy atom. The van der Waals surface area contributed by atoms with Crippen LogP contribution in [0.1, 0.15) is 20.8 Å². The molecule has 1 aromatic rings. The molecule has 22 heavy (non-hydrogen) atoms. The van der Waals surface area contributed by atoms with Gasteiger partial charge in [-0.05, 0) is 20.8 Å². The number of alkyl carbamates (subject to hydrolysis) is 1. The fourth-order valence-corrected chi connectivity index (χ4v) is 1.79. The smallest absolute Gasteiger partial charge is 0.408 e. The third kappa shape index (κ3) is 5.48. The molecule has 0 saturated carbocycles. The van der Waals surface area contributed by atoms with Gasteiger partial charge in [-0.3, -0.25) is 0 Å². The molecule has 1 aromatic carbocycles. The highest BCUT2D eigenvalue weighted by Gasteiger charge is 2.35. The normalized spacial score (nSPS) is 18.5. The van der Waals surface area contributed by atoms with Crippen LogP contribution in [0.4, 0.5) is 13.6 Å². The minimum absolute atomic E-state index is 0.0206. The molecule has 2 rings (SSSR count). The molecule has 122 valence electrons. The van der Waals surface area contributed by atoms with Crippen LogP contribution in [0.5, 0.6) is 5.75 Å². The molecule has 1 saturated heterocycles.